The molecule has 5 heteroatoms. The molecule has 20 heavy (non-hydrogen) atoms. The maximum absolute atomic E-state index is 12.0. The number of halogens is 1. The summed E-state index contributed by atoms with van der Waals surface area (Å²) in [5.74, 6) is -2.55. The van der Waals surface area contributed by atoms with E-state index in [9.17, 15) is 14.4 Å². The molecule has 4 nitrogen and oxygen atoms in total. The quantitative estimate of drug-likeness (QED) is 0.485. The Hall–Kier alpha value is -1.94. The van der Waals surface area contributed by atoms with Gasteiger partial charge in [-0.25, -0.2) is 0 Å². The molecule has 1 fully saturated rings. The van der Waals surface area contributed by atoms with Gasteiger partial charge in [-0.1, -0.05) is 29.8 Å². The maximum atomic E-state index is 12.0. The van der Waals surface area contributed by atoms with Gasteiger partial charge in [0, 0.05) is 11.6 Å². The first-order chi connectivity index (χ1) is 9.47. The molecule has 2 unspecified atom stereocenters. The number of carbonyl (C=O) groups excluding carboxylic acids is 3. The fraction of sp³-hybridized carbons (Fsp3) is 0.267. The van der Waals surface area contributed by atoms with Crippen LogP contribution in [0.15, 0.2) is 36.9 Å². The van der Waals surface area contributed by atoms with Gasteiger partial charge in [0.1, 0.15) is 11.7 Å². The van der Waals surface area contributed by atoms with E-state index in [-0.39, 0.29) is 12.3 Å². The van der Waals surface area contributed by atoms with Crippen LogP contribution in [0, 0.1) is 5.92 Å². The minimum Gasteiger partial charge on any atom is -0.324 e. The van der Waals surface area contributed by atoms with E-state index in [1.54, 1.807) is 24.3 Å². The number of likely N-dealkylation sites (tertiary alicyclic amines) is 1. The fourth-order valence-electron chi connectivity index (χ4n) is 2.50. The van der Waals surface area contributed by atoms with Gasteiger partial charge in [0.15, 0.2) is 0 Å². The highest BCUT2D eigenvalue weighted by molar-refractivity contribution is 6.42. The van der Waals surface area contributed by atoms with Crippen molar-refractivity contribution < 1.29 is 14.4 Å². The molecule has 0 aromatic heterocycles. The maximum Gasteiger partial charge on any atom is 0.291 e. The molecule has 0 saturated carbocycles. The van der Waals surface area contributed by atoms with Crippen LogP contribution in [0.4, 0.5) is 0 Å². The second kappa shape index (κ2) is 5.59. The first kappa shape index (κ1) is 14.5. The van der Waals surface area contributed by atoms with Crippen LogP contribution in [-0.2, 0) is 14.4 Å². The predicted molar refractivity (Wildman–Crippen MR) is 75.3 cm³/mol. The second-order valence-corrected chi connectivity index (χ2v) is 5.13. The number of ketones is 2. The Balaban J connectivity index is 2.49. The SMILES string of the molecule is C=CCN1C(=O)C(=O)C(C(C)=O)C1c1ccc(Cl)cc1. The molecule has 1 aromatic carbocycles. The van der Waals surface area contributed by atoms with Crippen molar-refractivity contribution in [3.05, 3.63) is 47.5 Å². The van der Waals surface area contributed by atoms with E-state index in [2.05, 4.69) is 6.58 Å². The van der Waals surface area contributed by atoms with Crippen LogP contribution in [-0.4, -0.2) is 28.9 Å². The van der Waals surface area contributed by atoms with E-state index >= 15 is 0 Å². The smallest absolute Gasteiger partial charge is 0.291 e. The summed E-state index contributed by atoms with van der Waals surface area (Å²) in [6.45, 7) is 5.14. The van der Waals surface area contributed by atoms with Gasteiger partial charge in [-0.15, -0.1) is 6.58 Å². The molecule has 0 spiro atoms. The van der Waals surface area contributed by atoms with Gasteiger partial charge in [-0.05, 0) is 24.6 Å². The number of amides is 1. The van der Waals surface area contributed by atoms with Crippen molar-refractivity contribution >= 4 is 29.1 Å². The second-order valence-electron chi connectivity index (χ2n) is 4.70. The number of Topliss-reactive ketones (excluding diaryl/α,β-unsaturated/α-hetero) is 2. The zero-order valence-electron chi connectivity index (χ0n) is 11.0. The van der Waals surface area contributed by atoms with E-state index in [0.29, 0.717) is 5.02 Å². The molecule has 1 aromatic rings. The molecule has 2 atom stereocenters. The monoisotopic (exact) mass is 291 g/mol. The van der Waals surface area contributed by atoms with Gasteiger partial charge in [-0.2, -0.15) is 0 Å². The third-order valence-corrected chi connectivity index (χ3v) is 3.63. The molecule has 0 radical (unpaired) electrons. The molecule has 1 saturated heterocycles. The lowest BCUT2D eigenvalue weighted by Gasteiger charge is -2.25. The average Bonchev–Trinajstić information content (AvgIpc) is 2.65. The summed E-state index contributed by atoms with van der Waals surface area (Å²) in [5, 5.41) is 0.555. The van der Waals surface area contributed by atoms with Gasteiger partial charge < -0.3 is 4.90 Å². The minimum absolute atomic E-state index is 0.224. The minimum atomic E-state index is -0.955. The molecular weight excluding hydrogens is 278 g/mol. The standard InChI is InChI=1S/C15H14ClNO3/c1-3-8-17-13(10-4-6-11(16)7-5-10)12(9(2)18)14(19)15(17)20/h3-7,12-13H,1,8H2,2H3. The lowest BCUT2D eigenvalue weighted by Crippen LogP contribution is -2.30. The first-order valence-electron chi connectivity index (χ1n) is 6.19. The summed E-state index contributed by atoms with van der Waals surface area (Å²) in [7, 11) is 0. The van der Waals surface area contributed by atoms with Gasteiger partial charge in [-0.3, -0.25) is 14.4 Å². The number of nitrogens with zero attached hydrogens (tertiary/aromatic N) is 1. The van der Waals surface area contributed by atoms with Crippen LogP contribution in [0.3, 0.4) is 0 Å². The van der Waals surface area contributed by atoms with Crippen molar-refractivity contribution in [3.63, 3.8) is 0 Å². The summed E-state index contributed by atoms with van der Waals surface area (Å²) in [5.41, 5.74) is 0.718. The van der Waals surface area contributed by atoms with Crippen molar-refractivity contribution in [3.8, 4) is 0 Å². The van der Waals surface area contributed by atoms with Crippen LogP contribution >= 0.6 is 11.6 Å². The summed E-state index contributed by atoms with van der Waals surface area (Å²) >= 11 is 5.84. The Kier molecular flexibility index (Phi) is 4.04. The van der Waals surface area contributed by atoms with E-state index < -0.39 is 23.7 Å². The van der Waals surface area contributed by atoms with Crippen LogP contribution in [0.2, 0.25) is 5.02 Å². The molecule has 1 aliphatic heterocycles. The summed E-state index contributed by atoms with van der Waals surface area (Å²) < 4.78 is 0. The lowest BCUT2D eigenvalue weighted by molar-refractivity contribution is -0.141. The fourth-order valence-corrected chi connectivity index (χ4v) is 2.63. The molecular formula is C15H14ClNO3. The van der Waals surface area contributed by atoms with Crippen LogP contribution in [0.1, 0.15) is 18.5 Å². The van der Waals surface area contributed by atoms with Crippen molar-refractivity contribution in [2.75, 3.05) is 6.54 Å². The van der Waals surface area contributed by atoms with Crippen LogP contribution in [0.25, 0.3) is 0 Å². The number of benzene rings is 1. The van der Waals surface area contributed by atoms with Crippen molar-refractivity contribution in [2.24, 2.45) is 5.92 Å². The Labute approximate surface area is 122 Å². The highest BCUT2D eigenvalue weighted by atomic mass is 35.5. The predicted octanol–water partition coefficient (Wildman–Crippen LogP) is 2.18. The van der Waals surface area contributed by atoms with Crippen LogP contribution < -0.4 is 0 Å². The van der Waals surface area contributed by atoms with Crippen molar-refractivity contribution in [1.82, 2.24) is 4.90 Å². The largest absolute Gasteiger partial charge is 0.324 e. The first-order valence-corrected chi connectivity index (χ1v) is 6.56. The van der Waals surface area contributed by atoms with Crippen LogP contribution in [0.5, 0.6) is 0 Å². The van der Waals surface area contributed by atoms with Gasteiger partial charge >= 0.3 is 0 Å². The molecule has 0 bridgehead atoms. The van der Waals surface area contributed by atoms with E-state index in [1.807, 2.05) is 0 Å². The highest BCUT2D eigenvalue weighted by Crippen LogP contribution is 2.36. The molecule has 104 valence electrons. The van der Waals surface area contributed by atoms with Gasteiger partial charge in [0.25, 0.3) is 5.91 Å². The number of carbonyl (C=O) groups is 3. The number of rotatable bonds is 4. The third kappa shape index (κ3) is 2.39. The van der Waals surface area contributed by atoms with E-state index in [0.717, 1.165) is 5.56 Å². The van der Waals surface area contributed by atoms with Gasteiger partial charge in [0.2, 0.25) is 5.78 Å². The molecule has 0 N–H and O–H groups in total. The van der Waals surface area contributed by atoms with Crippen molar-refractivity contribution in [2.45, 2.75) is 13.0 Å². The summed E-state index contributed by atoms with van der Waals surface area (Å²) in [6, 6.07) is 6.22. The topological polar surface area (TPSA) is 54.5 Å². The lowest BCUT2D eigenvalue weighted by atomic mass is 9.90. The van der Waals surface area contributed by atoms with Crippen molar-refractivity contribution in [1.29, 1.82) is 0 Å². The Morgan fingerprint density at radius 2 is 1.95 bits per heavy atom. The Bertz CT molecular complexity index is 579. The van der Waals surface area contributed by atoms with Gasteiger partial charge in [0.05, 0.1) is 6.04 Å². The zero-order chi connectivity index (χ0) is 14.9. The van der Waals surface area contributed by atoms with E-state index in [1.165, 1.54) is 17.9 Å². The Morgan fingerprint density at radius 1 is 1.35 bits per heavy atom. The molecule has 0 aliphatic carbocycles. The highest BCUT2D eigenvalue weighted by Gasteiger charge is 2.49. The number of hydrogen-bond donors (Lipinski definition) is 0. The third-order valence-electron chi connectivity index (χ3n) is 3.38. The molecule has 2 rings (SSSR count). The normalized spacial score (nSPS) is 22.2. The molecule has 1 aliphatic rings. The summed E-state index contributed by atoms with van der Waals surface area (Å²) in [4.78, 5) is 37.2. The van der Waals surface area contributed by atoms with E-state index in [4.69, 9.17) is 11.6 Å². The molecule has 1 heterocycles. The number of hydrogen-bond acceptors (Lipinski definition) is 3. The molecule has 1 amide bonds. The zero-order valence-corrected chi connectivity index (χ0v) is 11.8. The Morgan fingerprint density at radius 3 is 2.45 bits per heavy atom. The average molecular weight is 292 g/mol. The summed E-state index contributed by atoms with van der Waals surface area (Å²) in [6.07, 6.45) is 1.54.